The van der Waals surface area contributed by atoms with E-state index in [1.807, 2.05) is 18.2 Å². The standard InChI is InChI=1S/C22H19ClN2OS/c1-13-5-7-16(14(2)10-13)22-25-19(12-18(24-25)21-4-3-9-27-21)17-11-15(23)6-8-20(17)26-22/h3-11,19,22H,12H2,1-2H3/t19-,22+/m1/s1. The summed E-state index contributed by atoms with van der Waals surface area (Å²) in [4.78, 5) is 1.22. The first-order valence-corrected chi connectivity index (χ1v) is 10.3. The molecule has 0 saturated heterocycles. The van der Waals surface area contributed by atoms with E-state index in [1.165, 1.54) is 16.0 Å². The van der Waals surface area contributed by atoms with E-state index in [1.54, 1.807) is 11.3 Å². The van der Waals surface area contributed by atoms with Crippen molar-refractivity contribution in [2.24, 2.45) is 5.10 Å². The van der Waals surface area contributed by atoms with Crippen molar-refractivity contribution in [2.75, 3.05) is 0 Å². The molecule has 136 valence electrons. The molecule has 2 atom stereocenters. The monoisotopic (exact) mass is 394 g/mol. The van der Waals surface area contributed by atoms with E-state index >= 15 is 0 Å². The van der Waals surface area contributed by atoms with E-state index in [4.69, 9.17) is 21.4 Å². The Morgan fingerprint density at radius 1 is 1.11 bits per heavy atom. The van der Waals surface area contributed by atoms with E-state index in [0.29, 0.717) is 0 Å². The van der Waals surface area contributed by atoms with Crippen molar-refractivity contribution < 1.29 is 4.74 Å². The molecule has 0 amide bonds. The minimum absolute atomic E-state index is 0.134. The smallest absolute Gasteiger partial charge is 0.214 e. The number of aryl methyl sites for hydroxylation is 2. The molecule has 1 aromatic heterocycles. The number of hydrogen-bond donors (Lipinski definition) is 0. The summed E-state index contributed by atoms with van der Waals surface area (Å²) in [6.07, 6.45) is 0.625. The maximum atomic E-state index is 6.44. The van der Waals surface area contributed by atoms with Crippen LogP contribution in [0.15, 0.2) is 59.0 Å². The van der Waals surface area contributed by atoms with Crippen LogP contribution in [0.4, 0.5) is 0 Å². The molecule has 27 heavy (non-hydrogen) atoms. The zero-order valence-electron chi connectivity index (χ0n) is 15.1. The van der Waals surface area contributed by atoms with Gasteiger partial charge in [0.15, 0.2) is 0 Å². The van der Waals surface area contributed by atoms with Crippen LogP contribution in [-0.4, -0.2) is 10.7 Å². The van der Waals surface area contributed by atoms with Gasteiger partial charge in [0.25, 0.3) is 0 Å². The molecule has 0 unspecified atom stereocenters. The zero-order chi connectivity index (χ0) is 18.5. The first-order valence-electron chi connectivity index (χ1n) is 9.03. The molecule has 5 heteroatoms. The largest absolute Gasteiger partial charge is 0.464 e. The van der Waals surface area contributed by atoms with Crippen molar-refractivity contribution >= 4 is 28.6 Å². The van der Waals surface area contributed by atoms with Crippen molar-refractivity contribution in [1.82, 2.24) is 5.01 Å². The summed E-state index contributed by atoms with van der Waals surface area (Å²) in [6, 6.07) is 16.7. The van der Waals surface area contributed by atoms with Crippen LogP contribution >= 0.6 is 22.9 Å². The summed E-state index contributed by atoms with van der Waals surface area (Å²) in [5.41, 5.74) is 5.85. The Hall–Kier alpha value is -2.30. The third-order valence-corrected chi connectivity index (χ3v) is 6.40. The molecule has 0 N–H and O–H groups in total. The molecule has 0 spiro atoms. The number of fused-ring (bicyclic) bond motifs is 3. The molecule has 0 saturated carbocycles. The fraction of sp³-hybridized carbons (Fsp3) is 0.227. The number of benzene rings is 2. The fourth-order valence-electron chi connectivity index (χ4n) is 3.96. The van der Waals surface area contributed by atoms with Crippen molar-refractivity contribution in [1.29, 1.82) is 0 Å². The van der Waals surface area contributed by atoms with Crippen molar-refractivity contribution in [3.05, 3.63) is 86.1 Å². The molecular weight excluding hydrogens is 376 g/mol. The summed E-state index contributed by atoms with van der Waals surface area (Å²) in [7, 11) is 0. The molecule has 5 rings (SSSR count). The number of rotatable bonds is 2. The molecule has 3 aromatic rings. The molecule has 0 radical (unpaired) electrons. The van der Waals surface area contributed by atoms with Crippen LogP contribution in [0.3, 0.4) is 0 Å². The van der Waals surface area contributed by atoms with Gasteiger partial charge in [-0.15, -0.1) is 11.3 Å². The van der Waals surface area contributed by atoms with E-state index in [2.05, 4.69) is 54.6 Å². The van der Waals surface area contributed by atoms with Crippen LogP contribution in [0, 0.1) is 13.8 Å². The highest BCUT2D eigenvalue weighted by Crippen LogP contribution is 2.48. The van der Waals surface area contributed by atoms with E-state index in [0.717, 1.165) is 34.0 Å². The Balaban J connectivity index is 1.64. The van der Waals surface area contributed by atoms with Gasteiger partial charge < -0.3 is 4.74 Å². The summed E-state index contributed by atoms with van der Waals surface area (Å²) in [5.74, 6) is 0.897. The first kappa shape index (κ1) is 16.8. The zero-order valence-corrected chi connectivity index (χ0v) is 16.7. The van der Waals surface area contributed by atoms with Gasteiger partial charge in [0.1, 0.15) is 5.75 Å². The first-order chi connectivity index (χ1) is 13.1. The number of hydrazone groups is 1. The second-order valence-corrected chi connectivity index (χ2v) is 8.52. The van der Waals surface area contributed by atoms with Crippen molar-refractivity contribution in [3.63, 3.8) is 0 Å². The Morgan fingerprint density at radius 3 is 2.78 bits per heavy atom. The maximum absolute atomic E-state index is 6.44. The average Bonchev–Trinajstić information content (AvgIpc) is 3.31. The van der Waals surface area contributed by atoms with E-state index < -0.39 is 0 Å². The fourth-order valence-corrected chi connectivity index (χ4v) is 4.86. The highest BCUT2D eigenvalue weighted by molar-refractivity contribution is 7.12. The van der Waals surface area contributed by atoms with Gasteiger partial charge >= 0.3 is 0 Å². The Morgan fingerprint density at radius 2 is 2.00 bits per heavy atom. The van der Waals surface area contributed by atoms with Crippen LogP contribution in [0.2, 0.25) is 5.02 Å². The van der Waals surface area contributed by atoms with Crippen molar-refractivity contribution in [3.8, 4) is 5.75 Å². The lowest BCUT2D eigenvalue weighted by Gasteiger charge is -2.38. The van der Waals surface area contributed by atoms with E-state index in [9.17, 15) is 0 Å². The molecular formula is C22H19ClN2OS. The highest BCUT2D eigenvalue weighted by atomic mass is 35.5. The third kappa shape index (κ3) is 2.84. The average molecular weight is 395 g/mol. The number of hydrogen-bond acceptors (Lipinski definition) is 4. The van der Waals surface area contributed by atoms with Gasteiger partial charge in [-0.25, -0.2) is 5.01 Å². The molecule has 2 aliphatic heterocycles. The minimum Gasteiger partial charge on any atom is -0.464 e. The molecule has 3 heterocycles. The lowest BCUT2D eigenvalue weighted by atomic mass is 9.96. The predicted molar refractivity (Wildman–Crippen MR) is 111 cm³/mol. The van der Waals surface area contributed by atoms with Crippen LogP contribution in [0.25, 0.3) is 0 Å². The predicted octanol–water partition coefficient (Wildman–Crippen LogP) is 6.26. The topological polar surface area (TPSA) is 24.8 Å². The lowest BCUT2D eigenvalue weighted by Crippen LogP contribution is -2.34. The Bertz CT molecular complexity index is 1040. The summed E-state index contributed by atoms with van der Waals surface area (Å²) >= 11 is 8.02. The third-order valence-electron chi connectivity index (χ3n) is 5.25. The van der Waals surface area contributed by atoms with E-state index in [-0.39, 0.29) is 12.3 Å². The molecule has 0 bridgehead atoms. The van der Waals surface area contributed by atoms with Crippen LogP contribution in [0.5, 0.6) is 5.75 Å². The second-order valence-electron chi connectivity index (χ2n) is 7.14. The number of thiophene rings is 1. The SMILES string of the molecule is Cc1ccc([C@@H]2Oc3ccc(Cl)cc3[C@H]3CC(c4cccs4)=NN32)c(C)c1. The lowest BCUT2D eigenvalue weighted by molar-refractivity contribution is -0.0194. The van der Waals surface area contributed by atoms with Crippen LogP contribution in [0.1, 0.15) is 45.8 Å². The molecule has 2 aliphatic rings. The summed E-state index contributed by atoms with van der Waals surface area (Å²) in [6.45, 7) is 4.25. The second kappa shape index (κ2) is 6.39. The minimum atomic E-state index is -0.235. The van der Waals surface area contributed by atoms with Gasteiger partial charge in [0.05, 0.1) is 16.6 Å². The van der Waals surface area contributed by atoms with Gasteiger partial charge in [-0.1, -0.05) is 41.4 Å². The molecule has 0 aliphatic carbocycles. The number of halogens is 1. The number of ether oxygens (including phenoxy) is 1. The Labute approximate surface area is 167 Å². The quantitative estimate of drug-likeness (QED) is 0.512. The number of nitrogens with zero attached hydrogens (tertiary/aromatic N) is 2. The maximum Gasteiger partial charge on any atom is 0.214 e. The summed E-state index contributed by atoms with van der Waals surface area (Å²) < 4.78 is 6.44. The van der Waals surface area contributed by atoms with Crippen LogP contribution < -0.4 is 4.74 Å². The van der Waals surface area contributed by atoms with Gasteiger partial charge in [-0.3, -0.25) is 0 Å². The van der Waals surface area contributed by atoms with Gasteiger partial charge in [0, 0.05) is 22.6 Å². The molecule has 0 fully saturated rings. The van der Waals surface area contributed by atoms with Crippen molar-refractivity contribution in [2.45, 2.75) is 32.5 Å². The van der Waals surface area contributed by atoms with Crippen LogP contribution in [-0.2, 0) is 0 Å². The normalized spacial score (nSPS) is 20.7. The van der Waals surface area contributed by atoms with Gasteiger partial charge in [-0.05, 0) is 49.1 Å². The molecule has 2 aromatic carbocycles. The highest BCUT2D eigenvalue weighted by Gasteiger charge is 2.41. The Kier molecular flexibility index (Phi) is 3.99. The molecule has 3 nitrogen and oxygen atoms in total. The van der Waals surface area contributed by atoms with Gasteiger partial charge in [0.2, 0.25) is 6.23 Å². The summed E-state index contributed by atoms with van der Waals surface area (Å²) in [5, 5.41) is 9.94. The van der Waals surface area contributed by atoms with Gasteiger partial charge in [-0.2, -0.15) is 5.10 Å².